The van der Waals surface area contributed by atoms with E-state index < -0.39 is 11.2 Å². The van der Waals surface area contributed by atoms with Gasteiger partial charge in [-0.3, -0.25) is 13.9 Å². The first kappa shape index (κ1) is 18.8. The summed E-state index contributed by atoms with van der Waals surface area (Å²) in [6.07, 6.45) is 3.10. The lowest BCUT2D eigenvalue weighted by Gasteiger charge is -2.12. The number of hydrogen-bond acceptors (Lipinski definition) is 5. The summed E-state index contributed by atoms with van der Waals surface area (Å²) in [7, 11) is 0. The van der Waals surface area contributed by atoms with Crippen LogP contribution in [-0.4, -0.2) is 23.8 Å². The molecular weight excluding hydrogens is 394 g/mol. The van der Waals surface area contributed by atoms with Gasteiger partial charge >= 0.3 is 5.69 Å². The van der Waals surface area contributed by atoms with Crippen LogP contribution < -0.4 is 11.2 Å². The van der Waals surface area contributed by atoms with E-state index in [1.54, 1.807) is 17.0 Å². The third-order valence-corrected chi connectivity index (χ3v) is 5.17. The monoisotopic (exact) mass is 413 g/mol. The maximum Gasteiger partial charge on any atom is 0.333 e. The Labute approximate surface area is 176 Å². The van der Waals surface area contributed by atoms with Crippen molar-refractivity contribution in [2.45, 2.75) is 19.6 Å². The normalized spacial score (nSPS) is 11.2. The third-order valence-electron chi connectivity index (χ3n) is 5.17. The number of benzene rings is 2. The highest BCUT2D eigenvalue weighted by atomic mass is 16.5. The van der Waals surface area contributed by atoms with Crippen LogP contribution in [0.15, 0.2) is 93.4 Å². The number of aromatic nitrogens is 5. The summed E-state index contributed by atoms with van der Waals surface area (Å²) in [6, 6.07) is 21.1. The van der Waals surface area contributed by atoms with Crippen LogP contribution in [0.25, 0.3) is 11.2 Å². The Balaban J connectivity index is 1.70. The standard InChI is InChI=1S/C23H19N5O3/c29-22-20-21(24-16-26(20)13-17-7-3-1-4-8-17)27(14-18-9-5-2-6-10-18)23(30)28(22)15-19-11-12-25-31-19/h1-12,16H,13-15H2. The summed E-state index contributed by atoms with van der Waals surface area (Å²) in [5.41, 5.74) is 1.86. The van der Waals surface area contributed by atoms with E-state index in [1.165, 1.54) is 15.3 Å². The lowest BCUT2D eigenvalue weighted by molar-refractivity contribution is 0.372. The van der Waals surface area contributed by atoms with Crippen molar-refractivity contribution in [1.82, 2.24) is 23.8 Å². The first-order chi connectivity index (χ1) is 15.2. The van der Waals surface area contributed by atoms with E-state index in [2.05, 4.69) is 10.1 Å². The van der Waals surface area contributed by atoms with E-state index in [0.717, 1.165) is 11.1 Å². The van der Waals surface area contributed by atoms with E-state index >= 15 is 0 Å². The summed E-state index contributed by atoms with van der Waals surface area (Å²) in [5, 5.41) is 3.68. The van der Waals surface area contributed by atoms with Crippen LogP contribution in [0.4, 0.5) is 0 Å². The summed E-state index contributed by atoms with van der Waals surface area (Å²) in [4.78, 5) is 31.1. The van der Waals surface area contributed by atoms with Gasteiger partial charge in [-0.25, -0.2) is 9.78 Å². The van der Waals surface area contributed by atoms with Crippen molar-refractivity contribution in [2.75, 3.05) is 0 Å². The van der Waals surface area contributed by atoms with Gasteiger partial charge in [-0.2, -0.15) is 0 Å². The van der Waals surface area contributed by atoms with Crippen molar-refractivity contribution < 1.29 is 4.52 Å². The summed E-state index contributed by atoms with van der Waals surface area (Å²) < 4.78 is 9.63. The Kier molecular flexibility index (Phi) is 4.80. The quantitative estimate of drug-likeness (QED) is 0.427. The van der Waals surface area contributed by atoms with Crippen LogP contribution in [-0.2, 0) is 19.6 Å². The molecule has 2 aromatic carbocycles. The molecule has 0 atom stereocenters. The fraction of sp³-hybridized carbons (Fsp3) is 0.130. The average molecular weight is 413 g/mol. The fourth-order valence-electron chi connectivity index (χ4n) is 3.67. The van der Waals surface area contributed by atoms with Crippen molar-refractivity contribution in [2.24, 2.45) is 0 Å². The molecular formula is C23H19N5O3. The lowest BCUT2D eigenvalue weighted by Crippen LogP contribution is -2.41. The van der Waals surface area contributed by atoms with E-state index in [9.17, 15) is 9.59 Å². The molecule has 0 spiro atoms. The highest BCUT2D eigenvalue weighted by Crippen LogP contribution is 2.12. The molecule has 0 unspecified atom stereocenters. The predicted octanol–water partition coefficient (Wildman–Crippen LogP) is 2.49. The van der Waals surface area contributed by atoms with Crippen LogP contribution in [0.5, 0.6) is 0 Å². The molecule has 8 nitrogen and oxygen atoms in total. The van der Waals surface area contributed by atoms with Crippen LogP contribution in [0.3, 0.4) is 0 Å². The molecule has 0 radical (unpaired) electrons. The third kappa shape index (κ3) is 3.59. The summed E-state index contributed by atoms with van der Waals surface area (Å²) in [5.74, 6) is 0.430. The molecule has 3 heterocycles. The van der Waals surface area contributed by atoms with Crippen molar-refractivity contribution >= 4 is 11.2 Å². The number of rotatable bonds is 6. The average Bonchev–Trinajstić information content (AvgIpc) is 3.46. The second-order valence-corrected chi connectivity index (χ2v) is 7.25. The van der Waals surface area contributed by atoms with Gasteiger partial charge in [0.25, 0.3) is 5.56 Å². The molecule has 0 fully saturated rings. The van der Waals surface area contributed by atoms with Gasteiger partial charge in [-0.1, -0.05) is 65.8 Å². The SMILES string of the molecule is O=c1c2c(ncn2Cc2ccccc2)n(Cc2ccccc2)c(=O)n1Cc1ccno1. The summed E-state index contributed by atoms with van der Waals surface area (Å²) >= 11 is 0. The number of fused-ring (bicyclic) bond motifs is 1. The molecule has 0 amide bonds. The molecule has 0 N–H and O–H groups in total. The van der Waals surface area contributed by atoms with Crippen LogP contribution >= 0.6 is 0 Å². The van der Waals surface area contributed by atoms with Crippen LogP contribution in [0.1, 0.15) is 16.9 Å². The van der Waals surface area contributed by atoms with Crippen molar-refractivity contribution in [1.29, 1.82) is 0 Å². The molecule has 0 saturated carbocycles. The Morgan fingerprint density at radius 3 is 2.10 bits per heavy atom. The predicted molar refractivity (Wildman–Crippen MR) is 115 cm³/mol. The first-order valence-corrected chi connectivity index (χ1v) is 9.86. The van der Waals surface area contributed by atoms with Gasteiger partial charge in [0.1, 0.15) is 0 Å². The summed E-state index contributed by atoms with van der Waals surface area (Å²) in [6.45, 7) is 0.770. The zero-order valence-corrected chi connectivity index (χ0v) is 16.6. The van der Waals surface area contributed by atoms with Gasteiger partial charge in [-0.15, -0.1) is 0 Å². The topological polar surface area (TPSA) is 87.9 Å². The minimum absolute atomic E-state index is 0.00108. The molecule has 0 bridgehead atoms. The van der Waals surface area contributed by atoms with Gasteiger partial charge in [0.15, 0.2) is 16.9 Å². The second kappa shape index (κ2) is 7.91. The van der Waals surface area contributed by atoms with Crippen molar-refractivity contribution in [3.63, 3.8) is 0 Å². The van der Waals surface area contributed by atoms with Gasteiger partial charge in [0, 0.05) is 12.6 Å². The fourth-order valence-corrected chi connectivity index (χ4v) is 3.67. The van der Waals surface area contributed by atoms with E-state index in [4.69, 9.17) is 4.52 Å². The zero-order valence-electron chi connectivity index (χ0n) is 16.6. The van der Waals surface area contributed by atoms with Crippen molar-refractivity contribution in [3.05, 3.63) is 117 Å². The van der Waals surface area contributed by atoms with Crippen molar-refractivity contribution in [3.8, 4) is 0 Å². The van der Waals surface area contributed by atoms with Gasteiger partial charge < -0.3 is 9.09 Å². The van der Waals surface area contributed by atoms with Gasteiger partial charge in [0.2, 0.25) is 0 Å². The Bertz CT molecular complexity index is 1430. The molecule has 0 saturated heterocycles. The first-order valence-electron chi connectivity index (χ1n) is 9.86. The Morgan fingerprint density at radius 1 is 0.774 bits per heavy atom. The highest BCUT2D eigenvalue weighted by Gasteiger charge is 2.19. The van der Waals surface area contributed by atoms with Gasteiger partial charge in [0.05, 0.1) is 25.6 Å². The van der Waals surface area contributed by atoms with Crippen LogP contribution in [0.2, 0.25) is 0 Å². The zero-order chi connectivity index (χ0) is 21.2. The molecule has 5 rings (SSSR count). The molecule has 0 aliphatic rings. The number of imidazole rings is 1. The number of nitrogens with zero attached hydrogens (tertiary/aromatic N) is 5. The highest BCUT2D eigenvalue weighted by molar-refractivity contribution is 5.70. The van der Waals surface area contributed by atoms with E-state index in [1.807, 2.05) is 60.7 Å². The molecule has 5 aromatic rings. The molecule has 154 valence electrons. The molecule has 3 aromatic heterocycles. The molecule has 0 aliphatic carbocycles. The second-order valence-electron chi connectivity index (χ2n) is 7.25. The van der Waals surface area contributed by atoms with E-state index in [0.29, 0.717) is 30.0 Å². The maximum atomic E-state index is 13.4. The number of hydrogen-bond donors (Lipinski definition) is 0. The smallest absolute Gasteiger partial charge is 0.333 e. The maximum absolute atomic E-state index is 13.4. The Hall–Kier alpha value is -4.20. The Morgan fingerprint density at radius 2 is 1.45 bits per heavy atom. The largest absolute Gasteiger partial charge is 0.359 e. The van der Waals surface area contributed by atoms with E-state index in [-0.39, 0.29) is 6.54 Å². The molecule has 31 heavy (non-hydrogen) atoms. The minimum Gasteiger partial charge on any atom is -0.359 e. The van der Waals surface area contributed by atoms with Crippen LogP contribution in [0, 0.1) is 0 Å². The van der Waals surface area contributed by atoms with Gasteiger partial charge in [-0.05, 0) is 11.1 Å². The lowest BCUT2D eigenvalue weighted by atomic mass is 10.2. The molecule has 8 heteroatoms. The minimum atomic E-state index is -0.442. The molecule has 0 aliphatic heterocycles.